The van der Waals surface area contributed by atoms with Crippen LogP contribution in [0.2, 0.25) is 0 Å². The van der Waals surface area contributed by atoms with Crippen LogP contribution < -0.4 is 0 Å². The molecular formula is C11H15Br. The van der Waals surface area contributed by atoms with Gasteiger partial charge in [-0.2, -0.15) is 0 Å². The molecule has 0 saturated heterocycles. The van der Waals surface area contributed by atoms with E-state index < -0.39 is 0 Å². The number of benzene rings is 1. The van der Waals surface area contributed by atoms with Crippen molar-refractivity contribution in [3.8, 4) is 0 Å². The van der Waals surface area contributed by atoms with Crippen LogP contribution in [0.1, 0.15) is 31.4 Å². The largest absolute Gasteiger partial charge is 0.0651 e. The van der Waals surface area contributed by atoms with Gasteiger partial charge in [0.05, 0.1) is 0 Å². The monoisotopic (exact) mass is 226 g/mol. The Hall–Kier alpha value is -0.300. The first-order valence-electron chi connectivity index (χ1n) is 4.55. The summed E-state index contributed by atoms with van der Waals surface area (Å²) in [5.74, 6) is 0. The highest BCUT2D eigenvalue weighted by molar-refractivity contribution is 9.10. The van der Waals surface area contributed by atoms with Crippen molar-refractivity contribution in [2.75, 3.05) is 0 Å². The fraction of sp³-hybridized carbons (Fsp3) is 0.455. The van der Waals surface area contributed by atoms with E-state index in [1.165, 1.54) is 28.4 Å². The minimum Gasteiger partial charge on any atom is -0.0651 e. The molecule has 1 aromatic rings. The van der Waals surface area contributed by atoms with Crippen LogP contribution >= 0.6 is 15.9 Å². The van der Waals surface area contributed by atoms with Crippen LogP contribution in [0, 0.1) is 0 Å². The standard InChI is InChI=1S/C11H15Br/c1-3-5-10-6-7-11(12)8-9(10)4-2/h6-8H,3-5H2,1-2H3. The molecule has 0 atom stereocenters. The molecule has 0 aromatic heterocycles. The second kappa shape index (κ2) is 4.66. The highest BCUT2D eigenvalue weighted by Gasteiger charge is 1.99. The van der Waals surface area contributed by atoms with E-state index in [1.807, 2.05) is 0 Å². The van der Waals surface area contributed by atoms with Crippen LogP contribution in [-0.4, -0.2) is 0 Å². The Balaban J connectivity index is 2.94. The van der Waals surface area contributed by atoms with E-state index in [0.717, 1.165) is 6.42 Å². The molecule has 0 saturated carbocycles. The molecule has 0 bridgehead atoms. The molecule has 0 aliphatic rings. The van der Waals surface area contributed by atoms with Crippen molar-refractivity contribution in [2.45, 2.75) is 33.1 Å². The molecule has 66 valence electrons. The summed E-state index contributed by atoms with van der Waals surface area (Å²) in [4.78, 5) is 0. The van der Waals surface area contributed by atoms with Gasteiger partial charge in [0.2, 0.25) is 0 Å². The second-order valence-electron chi connectivity index (χ2n) is 3.02. The molecule has 1 rings (SSSR count). The van der Waals surface area contributed by atoms with Crippen molar-refractivity contribution in [3.05, 3.63) is 33.8 Å². The molecule has 12 heavy (non-hydrogen) atoms. The summed E-state index contributed by atoms with van der Waals surface area (Å²) in [7, 11) is 0. The molecule has 0 radical (unpaired) electrons. The summed E-state index contributed by atoms with van der Waals surface area (Å²) in [6.45, 7) is 4.43. The van der Waals surface area contributed by atoms with Gasteiger partial charge in [0, 0.05) is 4.47 Å². The van der Waals surface area contributed by atoms with Gasteiger partial charge in [-0.1, -0.05) is 42.3 Å². The summed E-state index contributed by atoms with van der Waals surface area (Å²) in [6, 6.07) is 6.58. The molecule has 0 N–H and O–H groups in total. The Kier molecular flexibility index (Phi) is 3.80. The first-order chi connectivity index (χ1) is 5.77. The van der Waals surface area contributed by atoms with Gasteiger partial charge in [0.25, 0.3) is 0 Å². The second-order valence-corrected chi connectivity index (χ2v) is 3.93. The highest BCUT2D eigenvalue weighted by Crippen LogP contribution is 2.18. The molecule has 1 aromatic carbocycles. The van der Waals surface area contributed by atoms with Gasteiger partial charge >= 0.3 is 0 Å². The van der Waals surface area contributed by atoms with E-state index in [-0.39, 0.29) is 0 Å². The lowest BCUT2D eigenvalue weighted by atomic mass is 10.0. The Morgan fingerprint density at radius 2 is 1.92 bits per heavy atom. The average molecular weight is 227 g/mol. The van der Waals surface area contributed by atoms with Crippen molar-refractivity contribution < 1.29 is 0 Å². The van der Waals surface area contributed by atoms with Gasteiger partial charge in [-0.25, -0.2) is 0 Å². The van der Waals surface area contributed by atoms with E-state index >= 15 is 0 Å². The maximum atomic E-state index is 3.49. The average Bonchev–Trinajstić information content (AvgIpc) is 2.08. The molecule has 0 spiro atoms. The van der Waals surface area contributed by atoms with Crippen molar-refractivity contribution in [1.82, 2.24) is 0 Å². The van der Waals surface area contributed by atoms with E-state index in [2.05, 4.69) is 48.0 Å². The maximum Gasteiger partial charge on any atom is 0.0178 e. The Bertz CT molecular complexity index is 253. The third-order valence-electron chi connectivity index (χ3n) is 2.07. The van der Waals surface area contributed by atoms with Gasteiger partial charge < -0.3 is 0 Å². The molecular weight excluding hydrogens is 212 g/mol. The van der Waals surface area contributed by atoms with Crippen molar-refractivity contribution in [3.63, 3.8) is 0 Å². The van der Waals surface area contributed by atoms with Gasteiger partial charge in [-0.15, -0.1) is 0 Å². The fourth-order valence-electron chi connectivity index (χ4n) is 1.44. The number of hydrogen-bond donors (Lipinski definition) is 0. The molecule has 1 heteroatoms. The lowest BCUT2D eigenvalue weighted by molar-refractivity contribution is 0.898. The van der Waals surface area contributed by atoms with Crippen LogP contribution in [0.4, 0.5) is 0 Å². The summed E-state index contributed by atoms with van der Waals surface area (Å²) in [5.41, 5.74) is 2.98. The van der Waals surface area contributed by atoms with E-state index in [9.17, 15) is 0 Å². The lowest BCUT2D eigenvalue weighted by Crippen LogP contribution is -1.91. The minimum atomic E-state index is 1.13. The van der Waals surface area contributed by atoms with Crippen LogP contribution in [-0.2, 0) is 12.8 Å². The van der Waals surface area contributed by atoms with Gasteiger partial charge in [-0.05, 0) is 36.1 Å². The SMILES string of the molecule is CCCc1ccc(Br)cc1CC. The Morgan fingerprint density at radius 3 is 2.50 bits per heavy atom. The lowest BCUT2D eigenvalue weighted by Gasteiger charge is -2.06. The molecule has 0 amide bonds. The predicted octanol–water partition coefficient (Wildman–Crippen LogP) is 3.96. The maximum absolute atomic E-state index is 3.49. The van der Waals surface area contributed by atoms with Crippen LogP contribution in [0.15, 0.2) is 22.7 Å². The highest BCUT2D eigenvalue weighted by atomic mass is 79.9. The first-order valence-corrected chi connectivity index (χ1v) is 5.34. The minimum absolute atomic E-state index is 1.13. The van der Waals surface area contributed by atoms with Crippen molar-refractivity contribution >= 4 is 15.9 Å². The molecule has 0 nitrogen and oxygen atoms in total. The molecule has 0 heterocycles. The van der Waals surface area contributed by atoms with E-state index in [0.29, 0.717) is 0 Å². The smallest absolute Gasteiger partial charge is 0.0178 e. The van der Waals surface area contributed by atoms with E-state index in [4.69, 9.17) is 0 Å². The predicted molar refractivity (Wildman–Crippen MR) is 57.5 cm³/mol. The Morgan fingerprint density at radius 1 is 1.17 bits per heavy atom. The molecule has 0 aliphatic heterocycles. The third-order valence-corrected chi connectivity index (χ3v) is 2.56. The van der Waals surface area contributed by atoms with Crippen LogP contribution in [0.5, 0.6) is 0 Å². The molecule has 0 aliphatic carbocycles. The topological polar surface area (TPSA) is 0 Å². The summed E-state index contributed by atoms with van der Waals surface area (Å²) in [5, 5.41) is 0. The number of hydrogen-bond acceptors (Lipinski definition) is 0. The van der Waals surface area contributed by atoms with Gasteiger partial charge in [0.15, 0.2) is 0 Å². The van der Waals surface area contributed by atoms with E-state index in [1.54, 1.807) is 0 Å². The summed E-state index contributed by atoms with van der Waals surface area (Å²) in [6.07, 6.45) is 3.57. The fourth-order valence-corrected chi connectivity index (χ4v) is 1.85. The van der Waals surface area contributed by atoms with Gasteiger partial charge in [0.1, 0.15) is 0 Å². The third kappa shape index (κ3) is 2.34. The molecule has 0 fully saturated rings. The van der Waals surface area contributed by atoms with Crippen LogP contribution in [0.3, 0.4) is 0 Å². The summed E-state index contributed by atoms with van der Waals surface area (Å²) >= 11 is 3.49. The zero-order chi connectivity index (χ0) is 8.97. The molecule has 0 unspecified atom stereocenters. The quantitative estimate of drug-likeness (QED) is 0.733. The first kappa shape index (κ1) is 9.79. The zero-order valence-electron chi connectivity index (χ0n) is 7.73. The van der Waals surface area contributed by atoms with Gasteiger partial charge in [-0.3, -0.25) is 0 Å². The zero-order valence-corrected chi connectivity index (χ0v) is 9.32. The van der Waals surface area contributed by atoms with Crippen molar-refractivity contribution in [2.24, 2.45) is 0 Å². The van der Waals surface area contributed by atoms with Crippen LogP contribution in [0.25, 0.3) is 0 Å². The normalized spacial score (nSPS) is 10.2. The number of halogens is 1. The number of aryl methyl sites for hydroxylation is 2. The Labute approximate surface area is 83.1 Å². The number of rotatable bonds is 3. The van der Waals surface area contributed by atoms with Crippen molar-refractivity contribution in [1.29, 1.82) is 0 Å². The summed E-state index contributed by atoms with van der Waals surface area (Å²) < 4.78 is 1.19.